The van der Waals surface area contributed by atoms with Crippen LogP contribution in [0.2, 0.25) is 0 Å². The van der Waals surface area contributed by atoms with Gasteiger partial charge in [0, 0.05) is 37.8 Å². The van der Waals surface area contributed by atoms with E-state index in [4.69, 9.17) is 19.2 Å². The van der Waals surface area contributed by atoms with Crippen LogP contribution in [0.3, 0.4) is 0 Å². The Balaban J connectivity index is 1.55. The lowest BCUT2D eigenvalue weighted by Crippen LogP contribution is -2.47. The number of nitrogens with zero attached hydrogens (tertiary/aromatic N) is 3. The van der Waals surface area contributed by atoms with Crippen LogP contribution >= 0.6 is 0 Å². The first-order valence-corrected chi connectivity index (χ1v) is 10.1. The molecule has 0 atom stereocenters. The highest BCUT2D eigenvalue weighted by molar-refractivity contribution is 5.65. The van der Waals surface area contributed by atoms with Gasteiger partial charge in [0.05, 0.1) is 32.7 Å². The van der Waals surface area contributed by atoms with E-state index >= 15 is 0 Å². The minimum absolute atomic E-state index is 0.193. The van der Waals surface area contributed by atoms with E-state index < -0.39 is 0 Å². The van der Waals surface area contributed by atoms with E-state index in [1.54, 1.807) is 21.3 Å². The van der Waals surface area contributed by atoms with E-state index in [-0.39, 0.29) is 5.56 Å². The van der Waals surface area contributed by atoms with Crippen molar-refractivity contribution in [2.24, 2.45) is 0 Å². The van der Waals surface area contributed by atoms with E-state index in [9.17, 15) is 4.79 Å². The van der Waals surface area contributed by atoms with Crippen molar-refractivity contribution in [1.82, 2.24) is 9.97 Å². The predicted molar refractivity (Wildman–Crippen MR) is 121 cm³/mol. The molecule has 1 aromatic heterocycles. The summed E-state index contributed by atoms with van der Waals surface area (Å²) in [5.74, 6) is 2.65. The number of benzene rings is 2. The van der Waals surface area contributed by atoms with Gasteiger partial charge >= 0.3 is 0 Å². The number of rotatable bonds is 6. The van der Waals surface area contributed by atoms with E-state index in [0.29, 0.717) is 23.1 Å². The zero-order valence-electron chi connectivity index (χ0n) is 17.9. The van der Waals surface area contributed by atoms with Crippen molar-refractivity contribution in [3.05, 3.63) is 58.9 Å². The third kappa shape index (κ3) is 4.28. The van der Waals surface area contributed by atoms with Crippen LogP contribution < -0.4 is 29.6 Å². The van der Waals surface area contributed by atoms with Gasteiger partial charge in [-0.25, -0.2) is 4.98 Å². The highest BCUT2D eigenvalue weighted by atomic mass is 16.5. The number of nitrogens with one attached hydrogen (secondary N) is 1. The van der Waals surface area contributed by atoms with Crippen LogP contribution in [0.5, 0.6) is 17.2 Å². The first kappa shape index (κ1) is 20.6. The maximum atomic E-state index is 12.4. The van der Waals surface area contributed by atoms with Gasteiger partial charge in [0.2, 0.25) is 5.95 Å². The van der Waals surface area contributed by atoms with Crippen LogP contribution in [-0.2, 0) is 0 Å². The molecule has 0 amide bonds. The van der Waals surface area contributed by atoms with Gasteiger partial charge < -0.3 is 24.0 Å². The maximum Gasteiger partial charge on any atom is 0.252 e. The molecule has 8 heteroatoms. The Bertz CT molecular complexity index is 1110. The summed E-state index contributed by atoms with van der Waals surface area (Å²) in [7, 11) is 4.86. The fourth-order valence-electron chi connectivity index (χ4n) is 3.79. The summed E-state index contributed by atoms with van der Waals surface area (Å²) in [6, 6.07) is 15.0. The molecule has 0 saturated carbocycles. The minimum atomic E-state index is -0.193. The molecule has 1 aliphatic rings. The second kappa shape index (κ2) is 8.99. The Labute approximate surface area is 181 Å². The number of aromatic nitrogens is 2. The molecule has 1 fully saturated rings. The Hall–Kier alpha value is -3.68. The zero-order valence-corrected chi connectivity index (χ0v) is 17.9. The number of aromatic amines is 1. The van der Waals surface area contributed by atoms with Crippen molar-refractivity contribution in [3.8, 4) is 28.5 Å². The zero-order chi connectivity index (χ0) is 21.8. The van der Waals surface area contributed by atoms with Crippen molar-refractivity contribution in [2.45, 2.75) is 0 Å². The lowest BCUT2D eigenvalue weighted by Gasteiger charge is -2.36. The Kier molecular flexibility index (Phi) is 5.97. The monoisotopic (exact) mass is 422 g/mol. The highest BCUT2D eigenvalue weighted by Gasteiger charge is 2.21. The Morgan fingerprint density at radius 3 is 2.19 bits per heavy atom. The van der Waals surface area contributed by atoms with Gasteiger partial charge in [-0.15, -0.1) is 0 Å². The van der Waals surface area contributed by atoms with Gasteiger partial charge in [0.15, 0.2) is 11.5 Å². The average molecular weight is 422 g/mol. The molecule has 4 rings (SSSR count). The second-order valence-electron chi connectivity index (χ2n) is 7.17. The molecule has 0 radical (unpaired) electrons. The lowest BCUT2D eigenvalue weighted by atomic mass is 10.1. The lowest BCUT2D eigenvalue weighted by molar-refractivity contribution is 0.355. The molecule has 8 nitrogen and oxygen atoms in total. The van der Waals surface area contributed by atoms with Crippen molar-refractivity contribution < 1.29 is 14.2 Å². The number of methoxy groups -OCH3 is 3. The molecular weight excluding hydrogens is 396 g/mol. The molecule has 0 aliphatic carbocycles. The maximum absolute atomic E-state index is 12.4. The first-order chi connectivity index (χ1) is 15.1. The summed E-state index contributed by atoms with van der Waals surface area (Å²) in [5.41, 5.74) is 2.26. The fraction of sp³-hybridized carbons (Fsp3) is 0.304. The third-order valence-corrected chi connectivity index (χ3v) is 5.41. The summed E-state index contributed by atoms with van der Waals surface area (Å²) in [6.07, 6.45) is 0. The largest absolute Gasteiger partial charge is 0.495 e. The van der Waals surface area contributed by atoms with Gasteiger partial charge in [-0.3, -0.25) is 9.78 Å². The number of anilines is 2. The van der Waals surface area contributed by atoms with E-state index in [1.165, 1.54) is 6.07 Å². The normalized spacial score (nSPS) is 13.8. The van der Waals surface area contributed by atoms with Crippen molar-refractivity contribution >= 4 is 11.6 Å². The Morgan fingerprint density at radius 2 is 1.48 bits per heavy atom. The summed E-state index contributed by atoms with van der Waals surface area (Å²) in [5, 5.41) is 0. The molecule has 2 heterocycles. The van der Waals surface area contributed by atoms with Gasteiger partial charge in [0.25, 0.3) is 5.56 Å². The fourth-order valence-corrected chi connectivity index (χ4v) is 3.79. The van der Waals surface area contributed by atoms with Gasteiger partial charge in [-0.1, -0.05) is 12.1 Å². The molecule has 31 heavy (non-hydrogen) atoms. The number of H-pyrrole nitrogens is 1. The standard InChI is InChI=1S/C23H26N4O4/c1-29-19-7-5-4-6-18(19)26-10-12-27(13-11-26)23-24-17(15-22(28)25-23)16-8-9-20(30-2)21(14-16)31-3/h4-9,14-15H,10-13H2,1-3H3,(H,24,25,28). The topological polar surface area (TPSA) is 79.9 Å². The van der Waals surface area contributed by atoms with Crippen LogP contribution in [0.15, 0.2) is 53.3 Å². The third-order valence-electron chi connectivity index (χ3n) is 5.41. The van der Waals surface area contributed by atoms with E-state index in [1.807, 2.05) is 36.4 Å². The van der Waals surface area contributed by atoms with Crippen molar-refractivity contribution in [2.75, 3.05) is 57.3 Å². The number of piperazine rings is 1. The molecular formula is C23H26N4O4. The average Bonchev–Trinajstić information content (AvgIpc) is 2.83. The number of para-hydroxylation sites is 2. The van der Waals surface area contributed by atoms with Gasteiger partial charge in [0.1, 0.15) is 5.75 Å². The molecule has 0 bridgehead atoms. The molecule has 2 aromatic carbocycles. The molecule has 0 spiro atoms. The predicted octanol–water partition coefficient (Wildman–Crippen LogP) is 2.79. The summed E-state index contributed by atoms with van der Waals surface area (Å²) >= 11 is 0. The molecule has 1 aliphatic heterocycles. The van der Waals surface area contributed by atoms with E-state index in [2.05, 4.69) is 20.9 Å². The SMILES string of the molecule is COc1ccc(-c2cc(=O)[nH]c(N3CCN(c4ccccc4OC)CC3)n2)cc1OC. The molecule has 1 N–H and O–H groups in total. The first-order valence-electron chi connectivity index (χ1n) is 10.1. The molecule has 0 unspecified atom stereocenters. The van der Waals surface area contributed by atoms with Crippen molar-refractivity contribution in [1.29, 1.82) is 0 Å². The number of ether oxygens (including phenoxy) is 3. The molecule has 162 valence electrons. The van der Waals surface area contributed by atoms with E-state index in [0.717, 1.165) is 43.2 Å². The summed E-state index contributed by atoms with van der Waals surface area (Å²) in [4.78, 5) is 24.3. The quantitative estimate of drug-likeness (QED) is 0.654. The molecule has 1 saturated heterocycles. The van der Waals surface area contributed by atoms with Crippen LogP contribution in [-0.4, -0.2) is 57.5 Å². The van der Waals surface area contributed by atoms with Crippen LogP contribution in [0, 0.1) is 0 Å². The minimum Gasteiger partial charge on any atom is -0.495 e. The molecule has 3 aromatic rings. The number of hydrogen-bond acceptors (Lipinski definition) is 7. The van der Waals surface area contributed by atoms with Gasteiger partial charge in [-0.2, -0.15) is 0 Å². The van der Waals surface area contributed by atoms with Crippen LogP contribution in [0.1, 0.15) is 0 Å². The highest BCUT2D eigenvalue weighted by Crippen LogP contribution is 2.32. The second-order valence-corrected chi connectivity index (χ2v) is 7.17. The van der Waals surface area contributed by atoms with Gasteiger partial charge in [-0.05, 0) is 30.3 Å². The summed E-state index contributed by atoms with van der Waals surface area (Å²) < 4.78 is 16.2. The van der Waals surface area contributed by atoms with Crippen LogP contribution in [0.4, 0.5) is 11.6 Å². The number of hydrogen-bond donors (Lipinski definition) is 1. The van der Waals surface area contributed by atoms with Crippen LogP contribution in [0.25, 0.3) is 11.3 Å². The smallest absolute Gasteiger partial charge is 0.252 e. The van der Waals surface area contributed by atoms with Crippen molar-refractivity contribution in [3.63, 3.8) is 0 Å². The Morgan fingerprint density at radius 1 is 0.806 bits per heavy atom. The summed E-state index contributed by atoms with van der Waals surface area (Å²) in [6.45, 7) is 3.06.